The number of imide groups is 1. The van der Waals surface area contributed by atoms with Crippen LogP contribution in [0.25, 0.3) is 0 Å². The first-order chi connectivity index (χ1) is 7.65. The number of nitrogens with zero attached hydrogens (tertiary/aromatic N) is 1. The molecule has 4 heteroatoms. The van der Waals surface area contributed by atoms with Crippen LogP contribution in [0.4, 0.5) is 0 Å². The van der Waals surface area contributed by atoms with Gasteiger partial charge >= 0.3 is 0 Å². The molecule has 0 aliphatic carbocycles. The molecular formula is C12H11NO3. The normalized spacial score (nSPS) is 16.2. The standard InChI is InChI=1S/C12H11NO3/c1-8(7-14)6-13-11(15)9-4-2-3-5-10(9)12(13)16/h2-5,7-8H,6H2,1H3/t8-/m1/s1. The lowest BCUT2D eigenvalue weighted by molar-refractivity contribution is -0.110. The highest BCUT2D eigenvalue weighted by Gasteiger charge is 2.35. The smallest absolute Gasteiger partial charge is 0.261 e. The molecule has 0 saturated heterocycles. The Hall–Kier alpha value is -1.97. The molecule has 1 heterocycles. The van der Waals surface area contributed by atoms with Crippen LogP contribution in [0.2, 0.25) is 0 Å². The summed E-state index contributed by atoms with van der Waals surface area (Å²) in [5.74, 6) is -0.953. The number of hydrogen-bond donors (Lipinski definition) is 0. The Labute approximate surface area is 92.9 Å². The Kier molecular flexibility index (Phi) is 2.56. The number of hydrogen-bond acceptors (Lipinski definition) is 3. The van der Waals surface area contributed by atoms with Crippen molar-refractivity contribution >= 4 is 18.1 Å². The third kappa shape index (κ3) is 1.52. The van der Waals surface area contributed by atoms with Crippen molar-refractivity contribution in [3.8, 4) is 0 Å². The lowest BCUT2D eigenvalue weighted by Crippen LogP contribution is -2.34. The van der Waals surface area contributed by atoms with E-state index in [-0.39, 0.29) is 24.3 Å². The molecular weight excluding hydrogens is 206 g/mol. The van der Waals surface area contributed by atoms with Gasteiger partial charge in [0.2, 0.25) is 0 Å². The van der Waals surface area contributed by atoms with Crippen molar-refractivity contribution in [2.24, 2.45) is 5.92 Å². The summed E-state index contributed by atoms with van der Waals surface area (Å²) in [6.07, 6.45) is 0.740. The average Bonchev–Trinajstić information content (AvgIpc) is 2.55. The molecule has 1 aromatic rings. The van der Waals surface area contributed by atoms with Gasteiger partial charge in [0.25, 0.3) is 11.8 Å². The lowest BCUT2D eigenvalue weighted by Gasteiger charge is -2.15. The van der Waals surface area contributed by atoms with Crippen LogP contribution in [0.1, 0.15) is 27.6 Å². The zero-order chi connectivity index (χ0) is 11.7. The Morgan fingerprint density at radius 3 is 2.12 bits per heavy atom. The first kappa shape index (κ1) is 10.5. The second-order valence-corrected chi connectivity index (χ2v) is 3.88. The molecule has 0 fully saturated rings. The molecule has 1 aromatic carbocycles. The molecule has 0 spiro atoms. The Bertz CT molecular complexity index is 432. The summed E-state index contributed by atoms with van der Waals surface area (Å²) < 4.78 is 0. The van der Waals surface area contributed by atoms with Crippen molar-refractivity contribution in [3.63, 3.8) is 0 Å². The third-order valence-electron chi connectivity index (χ3n) is 2.58. The van der Waals surface area contributed by atoms with Gasteiger partial charge in [-0.25, -0.2) is 0 Å². The Balaban J connectivity index is 2.31. The summed E-state index contributed by atoms with van der Waals surface area (Å²) in [5.41, 5.74) is 0.844. The highest BCUT2D eigenvalue weighted by atomic mass is 16.2. The molecule has 0 bridgehead atoms. The number of benzene rings is 1. The van der Waals surface area contributed by atoms with Crippen molar-refractivity contribution in [2.75, 3.05) is 6.54 Å². The first-order valence-corrected chi connectivity index (χ1v) is 5.05. The average molecular weight is 217 g/mol. The van der Waals surface area contributed by atoms with E-state index in [9.17, 15) is 14.4 Å². The fourth-order valence-electron chi connectivity index (χ4n) is 1.74. The van der Waals surface area contributed by atoms with Crippen LogP contribution in [-0.4, -0.2) is 29.5 Å². The summed E-state index contributed by atoms with van der Waals surface area (Å²) in [6, 6.07) is 6.69. The lowest BCUT2D eigenvalue weighted by atomic mass is 10.1. The van der Waals surface area contributed by atoms with E-state index >= 15 is 0 Å². The molecule has 0 aromatic heterocycles. The van der Waals surface area contributed by atoms with Crippen LogP contribution in [0.15, 0.2) is 24.3 Å². The summed E-state index contributed by atoms with van der Waals surface area (Å²) in [4.78, 5) is 35.4. The third-order valence-corrected chi connectivity index (χ3v) is 2.58. The summed E-state index contributed by atoms with van der Waals surface area (Å²) in [5, 5.41) is 0. The number of amides is 2. The van der Waals surface area contributed by atoms with E-state index in [0.717, 1.165) is 11.2 Å². The van der Waals surface area contributed by atoms with Crippen LogP contribution < -0.4 is 0 Å². The molecule has 0 saturated carbocycles. The molecule has 1 aliphatic rings. The highest BCUT2D eigenvalue weighted by Crippen LogP contribution is 2.22. The molecule has 0 unspecified atom stereocenters. The van der Waals surface area contributed by atoms with Crippen molar-refractivity contribution in [2.45, 2.75) is 6.92 Å². The minimum Gasteiger partial charge on any atom is -0.303 e. The number of carbonyl (C=O) groups excluding carboxylic acids is 3. The van der Waals surface area contributed by atoms with Crippen LogP contribution in [0.3, 0.4) is 0 Å². The largest absolute Gasteiger partial charge is 0.303 e. The van der Waals surface area contributed by atoms with Gasteiger partial charge in [-0.15, -0.1) is 0 Å². The number of aldehydes is 1. The van der Waals surface area contributed by atoms with E-state index in [1.165, 1.54) is 0 Å². The van der Waals surface area contributed by atoms with Gasteiger partial charge < -0.3 is 4.79 Å². The van der Waals surface area contributed by atoms with Gasteiger partial charge in [-0.3, -0.25) is 14.5 Å². The minimum atomic E-state index is -0.331. The molecule has 2 amide bonds. The predicted molar refractivity (Wildman–Crippen MR) is 57.0 cm³/mol. The fourth-order valence-corrected chi connectivity index (χ4v) is 1.74. The fraction of sp³-hybridized carbons (Fsp3) is 0.250. The van der Waals surface area contributed by atoms with Gasteiger partial charge in [0.15, 0.2) is 0 Å². The van der Waals surface area contributed by atoms with Gasteiger partial charge in [0, 0.05) is 12.5 Å². The van der Waals surface area contributed by atoms with E-state index in [1.54, 1.807) is 31.2 Å². The summed E-state index contributed by atoms with van der Waals surface area (Å²) in [6.45, 7) is 1.83. The summed E-state index contributed by atoms with van der Waals surface area (Å²) >= 11 is 0. The van der Waals surface area contributed by atoms with Gasteiger partial charge in [-0.05, 0) is 12.1 Å². The van der Waals surface area contributed by atoms with E-state index in [0.29, 0.717) is 11.1 Å². The van der Waals surface area contributed by atoms with Gasteiger partial charge in [-0.1, -0.05) is 19.1 Å². The van der Waals surface area contributed by atoms with Crippen molar-refractivity contribution in [3.05, 3.63) is 35.4 Å². The maximum atomic E-state index is 11.8. The molecule has 16 heavy (non-hydrogen) atoms. The molecule has 1 aliphatic heterocycles. The topological polar surface area (TPSA) is 54.5 Å². The second-order valence-electron chi connectivity index (χ2n) is 3.88. The highest BCUT2D eigenvalue weighted by molar-refractivity contribution is 6.21. The number of carbonyl (C=O) groups is 3. The first-order valence-electron chi connectivity index (χ1n) is 5.05. The van der Waals surface area contributed by atoms with Crippen molar-refractivity contribution in [1.29, 1.82) is 0 Å². The van der Waals surface area contributed by atoms with E-state index in [2.05, 4.69) is 0 Å². The quantitative estimate of drug-likeness (QED) is 0.563. The monoisotopic (exact) mass is 217 g/mol. The van der Waals surface area contributed by atoms with Crippen LogP contribution in [0.5, 0.6) is 0 Å². The molecule has 82 valence electrons. The van der Waals surface area contributed by atoms with E-state index in [1.807, 2.05) is 0 Å². The molecule has 0 N–H and O–H groups in total. The zero-order valence-electron chi connectivity index (χ0n) is 8.84. The van der Waals surface area contributed by atoms with Gasteiger partial charge in [0.05, 0.1) is 11.1 Å². The van der Waals surface area contributed by atoms with E-state index < -0.39 is 0 Å². The molecule has 1 atom stereocenters. The zero-order valence-corrected chi connectivity index (χ0v) is 8.84. The second kappa shape index (κ2) is 3.89. The Morgan fingerprint density at radius 2 is 1.69 bits per heavy atom. The molecule has 2 rings (SSSR count). The van der Waals surface area contributed by atoms with Crippen molar-refractivity contribution < 1.29 is 14.4 Å². The Morgan fingerprint density at radius 1 is 1.19 bits per heavy atom. The predicted octanol–water partition coefficient (Wildman–Crippen LogP) is 1.12. The molecule has 4 nitrogen and oxygen atoms in total. The van der Waals surface area contributed by atoms with Gasteiger partial charge in [0.1, 0.15) is 6.29 Å². The van der Waals surface area contributed by atoms with Crippen LogP contribution in [0, 0.1) is 5.92 Å². The molecule has 0 radical (unpaired) electrons. The van der Waals surface area contributed by atoms with Crippen molar-refractivity contribution in [1.82, 2.24) is 4.90 Å². The minimum absolute atomic E-state index is 0.149. The maximum Gasteiger partial charge on any atom is 0.261 e. The SMILES string of the molecule is C[C@@H](C=O)CN1C(=O)c2ccccc2C1=O. The summed E-state index contributed by atoms with van der Waals surface area (Å²) in [7, 11) is 0. The number of rotatable bonds is 3. The van der Waals surface area contributed by atoms with Gasteiger partial charge in [-0.2, -0.15) is 0 Å². The maximum absolute atomic E-state index is 11.8. The van der Waals surface area contributed by atoms with Crippen LogP contribution in [-0.2, 0) is 4.79 Å². The van der Waals surface area contributed by atoms with E-state index in [4.69, 9.17) is 0 Å². The number of fused-ring (bicyclic) bond motifs is 1. The van der Waals surface area contributed by atoms with Crippen LogP contribution >= 0.6 is 0 Å².